The van der Waals surface area contributed by atoms with Crippen molar-refractivity contribution < 1.29 is 9.72 Å². The van der Waals surface area contributed by atoms with E-state index < -0.39 is 4.92 Å². The maximum atomic E-state index is 11.2. The molecule has 0 saturated carbocycles. The van der Waals surface area contributed by atoms with Gasteiger partial charge in [-0.2, -0.15) is 0 Å². The zero-order valence-electron chi connectivity index (χ0n) is 9.47. The van der Waals surface area contributed by atoms with Crippen LogP contribution in [0.3, 0.4) is 0 Å². The molecule has 0 aromatic heterocycles. The number of rotatable bonds is 5. The van der Waals surface area contributed by atoms with E-state index in [-0.39, 0.29) is 5.78 Å². The van der Waals surface area contributed by atoms with Crippen LogP contribution in [0, 0.1) is 10.1 Å². The summed E-state index contributed by atoms with van der Waals surface area (Å²) in [6, 6.07) is 6.83. The molecular weight excluding hydrogens is 240 g/mol. The summed E-state index contributed by atoms with van der Waals surface area (Å²) in [5, 5.41) is 13.7. The molecule has 0 amide bonds. The van der Waals surface area contributed by atoms with E-state index >= 15 is 0 Å². The molecule has 6 heteroatoms. The number of nitro groups is 1. The summed E-state index contributed by atoms with van der Waals surface area (Å²) in [5.74, 6) is -0.0439. The van der Waals surface area contributed by atoms with Gasteiger partial charge in [0.2, 0.25) is 0 Å². The Labute approximate surface area is 103 Å². The third-order valence-corrected chi connectivity index (χ3v) is 2.63. The first-order valence-electron chi connectivity index (χ1n) is 4.80. The second kappa shape index (κ2) is 6.05. The van der Waals surface area contributed by atoms with Crippen molar-refractivity contribution in [2.75, 3.05) is 11.6 Å². The SMILES string of the molecule is CS/C(=C\[N+](=O)[O-])Nc1cccc(C(C)=O)c1. The van der Waals surface area contributed by atoms with Gasteiger partial charge in [-0.25, -0.2) is 0 Å². The number of carbonyl (C=O) groups excluding carboxylic acids is 1. The number of carbonyl (C=O) groups is 1. The van der Waals surface area contributed by atoms with Crippen molar-refractivity contribution in [3.63, 3.8) is 0 Å². The van der Waals surface area contributed by atoms with Crippen molar-refractivity contribution in [1.82, 2.24) is 0 Å². The first kappa shape index (κ1) is 13.2. The fourth-order valence-electron chi connectivity index (χ4n) is 1.19. The molecule has 1 aromatic rings. The van der Waals surface area contributed by atoms with Crippen LogP contribution in [0.15, 0.2) is 35.5 Å². The summed E-state index contributed by atoms with van der Waals surface area (Å²) in [6.45, 7) is 1.47. The molecule has 0 saturated heterocycles. The number of hydrogen-bond donors (Lipinski definition) is 1. The molecule has 0 aliphatic rings. The highest BCUT2D eigenvalue weighted by atomic mass is 32.2. The van der Waals surface area contributed by atoms with E-state index in [1.165, 1.54) is 18.7 Å². The molecule has 0 atom stereocenters. The van der Waals surface area contributed by atoms with Crippen molar-refractivity contribution in [2.24, 2.45) is 0 Å². The molecule has 0 unspecified atom stereocenters. The number of nitrogens with one attached hydrogen (secondary N) is 1. The van der Waals surface area contributed by atoms with Crippen LogP contribution in [0.4, 0.5) is 5.69 Å². The highest BCUT2D eigenvalue weighted by Crippen LogP contribution is 2.18. The standard InChI is InChI=1S/C11H12N2O3S/c1-8(14)9-4-3-5-10(6-9)12-11(17-2)7-13(15)16/h3-7,12H,1-2H3/b11-7-. The molecule has 1 rings (SSSR count). The minimum absolute atomic E-state index is 0.0439. The topological polar surface area (TPSA) is 72.2 Å². The van der Waals surface area contributed by atoms with Crippen LogP contribution < -0.4 is 5.32 Å². The predicted molar refractivity (Wildman–Crippen MR) is 68.7 cm³/mol. The van der Waals surface area contributed by atoms with E-state index in [1.807, 2.05) is 0 Å². The first-order chi connectivity index (χ1) is 8.02. The lowest BCUT2D eigenvalue weighted by Crippen LogP contribution is -2.00. The molecular formula is C11H12N2O3S. The quantitative estimate of drug-likeness (QED) is 0.495. The number of benzene rings is 1. The summed E-state index contributed by atoms with van der Waals surface area (Å²) in [5.41, 5.74) is 1.22. The number of Topliss-reactive ketones (excluding diaryl/α,β-unsaturated/α-hetero) is 1. The number of anilines is 1. The zero-order valence-corrected chi connectivity index (χ0v) is 10.3. The van der Waals surface area contributed by atoms with Gasteiger partial charge in [-0.05, 0) is 25.3 Å². The Morgan fingerprint density at radius 1 is 1.53 bits per heavy atom. The van der Waals surface area contributed by atoms with Crippen molar-refractivity contribution in [2.45, 2.75) is 6.92 Å². The number of thioether (sulfide) groups is 1. The second-order valence-electron chi connectivity index (χ2n) is 3.24. The van der Waals surface area contributed by atoms with E-state index in [0.29, 0.717) is 16.3 Å². The Balaban J connectivity index is 2.90. The van der Waals surface area contributed by atoms with Gasteiger partial charge >= 0.3 is 0 Å². The van der Waals surface area contributed by atoms with E-state index in [1.54, 1.807) is 30.5 Å². The third kappa shape index (κ3) is 4.28. The molecule has 1 N–H and O–H groups in total. The molecule has 0 radical (unpaired) electrons. The lowest BCUT2D eigenvalue weighted by molar-refractivity contribution is -0.402. The van der Waals surface area contributed by atoms with Gasteiger partial charge in [0, 0.05) is 11.3 Å². The molecule has 1 aromatic carbocycles. The predicted octanol–water partition coefficient (Wildman–Crippen LogP) is 2.74. The maximum Gasteiger partial charge on any atom is 0.264 e. The van der Waals surface area contributed by atoms with Crippen LogP contribution in [0.5, 0.6) is 0 Å². The minimum atomic E-state index is -0.520. The Kier molecular flexibility index (Phi) is 4.71. The number of nitrogens with zero attached hydrogens (tertiary/aromatic N) is 1. The summed E-state index contributed by atoms with van der Waals surface area (Å²) in [6.07, 6.45) is 2.63. The van der Waals surface area contributed by atoms with E-state index in [2.05, 4.69) is 5.32 Å². The fourth-order valence-corrected chi connectivity index (χ4v) is 1.60. The largest absolute Gasteiger partial charge is 0.345 e. The first-order valence-corrected chi connectivity index (χ1v) is 6.02. The molecule has 0 fully saturated rings. The molecule has 0 bridgehead atoms. The van der Waals surface area contributed by atoms with Gasteiger partial charge in [0.15, 0.2) is 5.78 Å². The smallest absolute Gasteiger partial charge is 0.264 e. The normalized spacial score (nSPS) is 11.1. The number of ketones is 1. The van der Waals surface area contributed by atoms with Gasteiger partial charge in [-0.1, -0.05) is 12.1 Å². The van der Waals surface area contributed by atoms with Gasteiger partial charge in [0.05, 0.1) is 4.92 Å². The summed E-state index contributed by atoms with van der Waals surface area (Å²) in [4.78, 5) is 21.0. The summed E-state index contributed by atoms with van der Waals surface area (Å²) < 4.78 is 0. The summed E-state index contributed by atoms with van der Waals surface area (Å²) in [7, 11) is 0. The molecule has 0 aliphatic heterocycles. The van der Waals surface area contributed by atoms with Crippen molar-refractivity contribution in [1.29, 1.82) is 0 Å². The van der Waals surface area contributed by atoms with Crippen LogP contribution in [0.1, 0.15) is 17.3 Å². The van der Waals surface area contributed by atoms with Gasteiger partial charge in [0.25, 0.3) is 6.20 Å². The van der Waals surface area contributed by atoms with Crippen LogP contribution in [0.2, 0.25) is 0 Å². The molecule has 5 nitrogen and oxygen atoms in total. The summed E-state index contributed by atoms with van der Waals surface area (Å²) >= 11 is 1.23. The second-order valence-corrected chi connectivity index (χ2v) is 4.09. The highest BCUT2D eigenvalue weighted by Gasteiger charge is 2.04. The number of hydrogen-bond acceptors (Lipinski definition) is 5. The molecule has 0 aliphatic carbocycles. The van der Waals surface area contributed by atoms with Gasteiger partial charge in [0.1, 0.15) is 5.03 Å². The van der Waals surface area contributed by atoms with Gasteiger partial charge in [-0.15, -0.1) is 11.8 Å². The maximum absolute atomic E-state index is 11.2. The lowest BCUT2D eigenvalue weighted by Gasteiger charge is -2.06. The Morgan fingerprint density at radius 3 is 2.76 bits per heavy atom. The lowest BCUT2D eigenvalue weighted by atomic mass is 10.1. The van der Waals surface area contributed by atoms with E-state index in [4.69, 9.17) is 0 Å². The van der Waals surface area contributed by atoms with Crippen LogP contribution in [0.25, 0.3) is 0 Å². The monoisotopic (exact) mass is 252 g/mol. The molecule has 90 valence electrons. The third-order valence-electron chi connectivity index (χ3n) is 1.98. The molecule has 0 spiro atoms. The van der Waals surface area contributed by atoms with Crippen LogP contribution >= 0.6 is 11.8 Å². The average Bonchev–Trinajstić information content (AvgIpc) is 2.28. The van der Waals surface area contributed by atoms with Crippen molar-refractivity contribution in [3.8, 4) is 0 Å². The van der Waals surface area contributed by atoms with E-state index in [9.17, 15) is 14.9 Å². The minimum Gasteiger partial charge on any atom is -0.345 e. The van der Waals surface area contributed by atoms with Crippen molar-refractivity contribution >= 4 is 23.2 Å². The van der Waals surface area contributed by atoms with Gasteiger partial charge < -0.3 is 5.32 Å². The highest BCUT2D eigenvalue weighted by molar-refractivity contribution is 8.02. The Bertz CT molecular complexity index is 472. The Hall–Kier alpha value is -1.82. The van der Waals surface area contributed by atoms with Crippen LogP contribution in [-0.2, 0) is 0 Å². The van der Waals surface area contributed by atoms with Crippen molar-refractivity contribution in [3.05, 3.63) is 51.2 Å². The molecule has 17 heavy (non-hydrogen) atoms. The Morgan fingerprint density at radius 2 is 2.24 bits per heavy atom. The molecule has 0 heterocycles. The average molecular weight is 252 g/mol. The van der Waals surface area contributed by atoms with Gasteiger partial charge in [-0.3, -0.25) is 14.9 Å². The zero-order chi connectivity index (χ0) is 12.8. The van der Waals surface area contributed by atoms with E-state index in [0.717, 1.165) is 6.20 Å². The van der Waals surface area contributed by atoms with Crippen LogP contribution in [-0.4, -0.2) is 17.0 Å². The fraction of sp³-hybridized carbons (Fsp3) is 0.182.